The fourth-order valence-electron chi connectivity index (χ4n) is 8.24. The first-order valence-electron chi connectivity index (χ1n) is 16.7. The van der Waals surface area contributed by atoms with Gasteiger partial charge in [0.2, 0.25) is 5.69 Å². The first kappa shape index (κ1) is 32.6. The number of rotatable bonds is 6. The van der Waals surface area contributed by atoms with Crippen molar-refractivity contribution in [1.82, 2.24) is 0 Å². The van der Waals surface area contributed by atoms with Gasteiger partial charge in [0.1, 0.15) is 7.05 Å². The predicted molar refractivity (Wildman–Crippen MR) is 201 cm³/mol. The summed E-state index contributed by atoms with van der Waals surface area (Å²) in [7, 11) is -2.00. The molecule has 0 amide bonds. The maximum absolute atomic E-state index is 11.9. The van der Waals surface area contributed by atoms with Gasteiger partial charge in [0, 0.05) is 46.1 Å². The second-order valence-corrected chi connectivity index (χ2v) is 16.2. The van der Waals surface area contributed by atoms with Crippen molar-refractivity contribution in [3.8, 4) is 0 Å². The molecule has 0 saturated heterocycles. The highest BCUT2D eigenvalue weighted by molar-refractivity contribution is 7.85. The van der Waals surface area contributed by atoms with Gasteiger partial charge in [-0.1, -0.05) is 92.2 Å². The number of benzene rings is 4. The predicted octanol–water partition coefficient (Wildman–Crippen LogP) is 9.73. The summed E-state index contributed by atoms with van der Waals surface area (Å²) in [5, 5.41) is 5.60. The van der Waals surface area contributed by atoms with Gasteiger partial charge in [-0.05, 0) is 89.6 Å². The molecule has 1 N–H and O–H groups in total. The molecule has 0 radical (unpaired) electrons. The zero-order valence-corrected chi connectivity index (χ0v) is 29.8. The van der Waals surface area contributed by atoms with Crippen molar-refractivity contribution in [2.75, 3.05) is 24.2 Å². The normalized spacial score (nSPS) is 20.6. The van der Waals surface area contributed by atoms with E-state index >= 15 is 0 Å². The monoisotopic (exact) mass is 677 g/mol. The number of hydrogen-bond donors (Lipinski definition) is 1. The van der Waals surface area contributed by atoms with Crippen LogP contribution >= 0.6 is 11.6 Å². The molecule has 0 bridgehead atoms. The average molecular weight is 678 g/mol. The molecule has 246 valence electrons. The maximum atomic E-state index is 11.9. The molecule has 2 heterocycles. The minimum Gasteiger partial charge on any atom is -0.343 e. The van der Waals surface area contributed by atoms with E-state index in [1.807, 2.05) is 17.0 Å². The molecule has 0 unspecified atom stereocenters. The van der Waals surface area contributed by atoms with Gasteiger partial charge in [0.25, 0.3) is 10.1 Å². The van der Waals surface area contributed by atoms with Gasteiger partial charge in [0.05, 0.1) is 11.2 Å². The lowest BCUT2D eigenvalue weighted by Crippen LogP contribution is -2.30. The molecule has 3 aliphatic rings. The van der Waals surface area contributed by atoms with Crippen LogP contribution in [0, 0.1) is 0 Å². The van der Waals surface area contributed by atoms with Crippen LogP contribution in [-0.4, -0.2) is 42.6 Å². The molecule has 7 heteroatoms. The van der Waals surface area contributed by atoms with Crippen molar-refractivity contribution < 1.29 is 17.5 Å². The van der Waals surface area contributed by atoms with Crippen molar-refractivity contribution >= 4 is 60.4 Å². The lowest BCUT2D eigenvalue weighted by atomic mass is 9.79. The van der Waals surface area contributed by atoms with Crippen LogP contribution in [0.5, 0.6) is 0 Å². The van der Waals surface area contributed by atoms with E-state index in [9.17, 15) is 13.0 Å². The number of anilines is 1. The second-order valence-electron chi connectivity index (χ2n) is 14.3. The Morgan fingerprint density at radius 1 is 0.833 bits per heavy atom. The number of halogens is 1. The highest BCUT2D eigenvalue weighted by Gasteiger charge is 2.44. The molecule has 1 aliphatic carbocycles. The van der Waals surface area contributed by atoms with E-state index in [0.29, 0.717) is 0 Å². The third kappa shape index (κ3) is 5.44. The van der Waals surface area contributed by atoms with Gasteiger partial charge < -0.3 is 4.90 Å². The van der Waals surface area contributed by atoms with Crippen LogP contribution in [0.25, 0.3) is 21.5 Å². The number of nitrogens with zero attached hydrogens (tertiary/aromatic N) is 2. The van der Waals surface area contributed by atoms with Gasteiger partial charge >= 0.3 is 0 Å². The Labute approximate surface area is 289 Å². The molecule has 0 atom stereocenters. The van der Waals surface area contributed by atoms with E-state index in [2.05, 4.69) is 124 Å². The van der Waals surface area contributed by atoms with E-state index in [1.54, 1.807) is 0 Å². The minimum atomic E-state index is -4.15. The average Bonchev–Trinajstić information content (AvgIpc) is 3.39. The van der Waals surface area contributed by atoms with Gasteiger partial charge in [0.15, 0.2) is 5.71 Å². The molecule has 0 fully saturated rings. The van der Waals surface area contributed by atoms with Crippen LogP contribution in [-0.2, 0) is 20.9 Å². The van der Waals surface area contributed by atoms with E-state index in [0.717, 1.165) is 63.2 Å². The Bertz CT molecular complexity index is 2270. The highest BCUT2D eigenvalue weighted by atomic mass is 35.5. The van der Waals surface area contributed by atoms with Crippen molar-refractivity contribution in [1.29, 1.82) is 0 Å². The molecule has 7 rings (SSSR count). The van der Waals surface area contributed by atoms with Gasteiger partial charge in [-0.25, -0.2) is 0 Å². The van der Waals surface area contributed by atoms with Crippen LogP contribution < -0.4 is 4.90 Å². The summed E-state index contributed by atoms with van der Waals surface area (Å²) >= 11 is 7.17. The minimum absolute atomic E-state index is 0.153. The Morgan fingerprint density at radius 2 is 1.48 bits per heavy atom. The molecule has 48 heavy (non-hydrogen) atoms. The molecule has 0 spiro atoms. The smallest absolute Gasteiger partial charge is 0.266 e. The molecule has 5 nitrogen and oxygen atoms in total. The Hall–Kier alpha value is -3.97. The van der Waals surface area contributed by atoms with Gasteiger partial charge in [-0.15, -0.1) is 0 Å². The molecule has 4 aromatic carbocycles. The fourth-order valence-corrected chi connectivity index (χ4v) is 8.97. The van der Waals surface area contributed by atoms with E-state index in [1.165, 1.54) is 27.7 Å². The third-order valence-electron chi connectivity index (χ3n) is 10.6. The molecule has 2 aliphatic heterocycles. The highest BCUT2D eigenvalue weighted by Crippen LogP contribution is 2.51. The largest absolute Gasteiger partial charge is 0.343 e. The summed E-state index contributed by atoms with van der Waals surface area (Å²) in [5.41, 5.74) is 8.53. The Balaban J connectivity index is 1.25. The van der Waals surface area contributed by atoms with Crippen LogP contribution in [0.1, 0.15) is 58.1 Å². The number of allylic oxidation sites excluding steroid dienone is 8. The van der Waals surface area contributed by atoms with Crippen LogP contribution in [0.2, 0.25) is 0 Å². The SMILES string of the molecule is C[N+]1=C(/C=C/C2=C(Cl)C(=C/C=C3/N(CCS(=O)(=O)O)c4ccc5ccccc5c4C3(C)C)/CCC2)C(C)(C)c2c1ccc1ccccc21. The lowest BCUT2D eigenvalue weighted by Gasteiger charge is -2.27. The maximum Gasteiger partial charge on any atom is 0.266 e. The van der Waals surface area contributed by atoms with Crippen LogP contribution in [0.4, 0.5) is 11.4 Å². The zero-order chi connectivity index (χ0) is 34.0. The standard InChI is InChI=1S/C41H41ClN2O3S/c1-40(2)35(43(5)33-21-17-27-11-6-8-15-31(27)37(33)40)23-19-29-13-10-14-30(39(29)42)20-24-36-41(3,4)38-32-16-9-7-12-28(32)18-22-34(38)44(36)25-26-48(45,46)47/h6-9,11-12,15-24H,10,13-14,25-26H2,1-5H3/p+1. The summed E-state index contributed by atoms with van der Waals surface area (Å²) in [5.74, 6) is -0.359. The van der Waals surface area contributed by atoms with Crippen molar-refractivity contribution in [2.45, 2.75) is 57.8 Å². The Kier molecular flexibility index (Phi) is 8.05. The fraction of sp³-hybridized carbons (Fsp3) is 0.293. The zero-order valence-electron chi connectivity index (χ0n) is 28.2. The topological polar surface area (TPSA) is 60.6 Å². The summed E-state index contributed by atoms with van der Waals surface area (Å²) in [6.45, 7) is 9.11. The summed E-state index contributed by atoms with van der Waals surface area (Å²) in [6, 6.07) is 25.5. The first-order chi connectivity index (χ1) is 22.8. The quantitative estimate of drug-likeness (QED) is 0.163. The lowest BCUT2D eigenvalue weighted by molar-refractivity contribution is -0.401. The third-order valence-corrected chi connectivity index (χ3v) is 11.7. The van der Waals surface area contributed by atoms with Crippen LogP contribution in [0.3, 0.4) is 0 Å². The molecule has 4 aromatic rings. The van der Waals surface area contributed by atoms with E-state index in [4.69, 9.17) is 11.6 Å². The molecular weight excluding hydrogens is 636 g/mol. The van der Waals surface area contributed by atoms with E-state index in [-0.39, 0.29) is 17.7 Å². The molecule has 0 saturated carbocycles. The van der Waals surface area contributed by atoms with Crippen molar-refractivity contribution in [3.05, 3.63) is 130 Å². The summed E-state index contributed by atoms with van der Waals surface area (Å²) < 4.78 is 35.7. The first-order valence-corrected chi connectivity index (χ1v) is 18.6. The summed E-state index contributed by atoms with van der Waals surface area (Å²) in [6.07, 6.45) is 11.4. The van der Waals surface area contributed by atoms with Gasteiger partial charge in [-0.2, -0.15) is 13.0 Å². The van der Waals surface area contributed by atoms with Crippen molar-refractivity contribution in [2.24, 2.45) is 0 Å². The number of fused-ring (bicyclic) bond motifs is 6. The van der Waals surface area contributed by atoms with Crippen molar-refractivity contribution in [3.63, 3.8) is 0 Å². The second kappa shape index (κ2) is 11.9. The molecular formula is C41H42ClN2O3S+. The Morgan fingerprint density at radius 3 is 2.17 bits per heavy atom. The summed E-state index contributed by atoms with van der Waals surface area (Å²) in [4.78, 5) is 2.05. The van der Waals surface area contributed by atoms with Gasteiger partial charge in [-0.3, -0.25) is 4.55 Å². The van der Waals surface area contributed by atoms with E-state index < -0.39 is 15.5 Å². The molecule has 0 aromatic heterocycles. The van der Waals surface area contributed by atoms with Crippen LogP contribution in [0.15, 0.2) is 119 Å². The number of hydrogen-bond acceptors (Lipinski definition) is 3.